The van der Waals surface area contributed by atoms with Crippen molar-refractivity contribution >= 4 is 15.9 Å². The lowest BCUT2D eigenvalue weighted by Gasteiger charge is -2.31. The van der Waals surface area contributed by atoms with E-state index >= 15 is 0 Å². The smallest absolute Gasteiger partial charge is 0.243 e. The average Bonchev–Trinajstić information content (AvgIpc) is 2.70. The van der Waals surface area contributed by atoms with E-state index in [1.54, 1.807) is 24.3 Å². The van der Waals surface area contributed by atoms with Crippen molar-refractivity contribution in [3.63, 3.8) is 0 Å². The van der Waals surface area contributed by atoms with Gasteiger partial charge in [0.1, 0.15) is 0 Å². The fraction of sp³-hybridized carbons (Fsp3) is 0.409. The van der Waals surface area contributed by atoms with Crippen LogP contribution in [0.1, 0.15) is 30.4 Å². The molecule has 6 heteroatoms. The number of benzene rings is 2. The number of nitrogens with zero attached hydrogens (tertiary/aromatic N) is 1. The predicted molar refractivity (Wildman–Crippen MR) is 110 cm³/mol. The average molecular weight is 401 g/mol. The van der Waals surface area contributed by atoms with E-state index in [-0.39, 0.29) is 11.8 Å². The normalized spacial score (nSPS) is 16.0. The Morgan fingerprint density at radius 2 is 1.68 bits per heavy atom. The molecule has 0 aliphatic carbocycles. The Morgan fingerprint density at radius 3 is 2.32 bits per heavy atom. The van der Waals surface area contributed by atoms with Crippen molar-refractivity contribution in [1.82, 2.24) is 9.62 Å². The van der Waals surface area contributed by atoms with E-state index in [4.69, 9.17) is 0 Å². The highest BCUT2D eigenvalue weighted by Crippen LogP contribution is 2.25. The Morgan fingerprint density at radius 1 is 1.04 bits per heavy atom. The minimum absolute atomic E-state index is 0.0523. The molecule has 1 heterocycles. The van der Waals surface area contributed by atoms with Crippen LogP contribution in [0.15, 0.2) is 59.5 Å². The Hall–Kier alpha value is -2.18. The summed E-state index contributed by atoms with van der Waals surface area (Å²) in [4.78, 5) is 12.5. The van der Waals surface area contributed by atoms with E-state index in [2.05, 4.69) is 36.5 Å². The fourth-order valence-corrected chi connectivity index (χ4v) is 5.02. The van der Waals surface area contributed by atoms with Crippen molar-refractivity contribution < 1.29 is 13.2 Å². The van der Waals surface area contributed by atoms with Crippen molar-refractivity contribution in [2.45, 2.75) is 37.5 Å². The van der Waals surface area contributed by atoms with Crippen LogP contribution in [0, 0.1) is 12.8 Å². The second-order valence-corrected chi connectivity index (χ2v) is 9.39. The summed E-state index contributed by atoms with van der Waals surface area (Å²) in [6, 6.07) is 16.9. The Labute approximate surface area is 167 Å². The van der Waals surface area contributed by atoms with Gasteiger partial charge in [0.2, 0.25) is 15.9 Å². The summed E-state index contributed by atoms with van der Waals surface area (Å²) >= 11 is 0. The minimum atomic E-state index is -3.43. The lowest BCUT2D eigenvalue weighted by atomic mass is 9.94. The summed E-state index contributed by atoms with van der Waals surface area (Å²) in [5.74, 6) is 0.290. The number of amides is 1. The summed E-state index contributed by atoms with van der Waals surface area (Å²) in [7, 11) is -3.43. The molecule has 0 atom stereocenters. The van der Waals surface area contributed by atoms with Gasteiger partial charge in [-0.15, -0.1) is 0 Å². The molecule has 28 heavy (non-hydrogen) atoms. The first kappa shape index (κ1) is 20.6. The van der Waals surface area contributed by atoms with Crippen LogP contribution < -0.4 is 5.32 Å². The zero-order valence-corrected chi connectivity index (χ0v) is 17.1. The van der Waals surface area contributed by atoms with Crippen LogP contribution in [-0.4, -0.2) is 38.3 Å². The first-order valence-corrected chi connectivity index (χ1v) is 11.3. The van der Waals surface area contributed by atoms with Gasteiger partial charge < -0.3 is 5.32 Å². The number of aryl methyl sites for hydroxylation is 1. The van der Waals surface area contributed by atoms with Crippen LogP contribution in [0.5, 0.6) is 0 Å². The maximum absolute atomic E-state index is 12.7. The molecular weight excluding hydrogens is 372 g/mol. The zero-order chi connectivity index (χ0) is 20.0. The third-order valence-corrected chi connectivity index (χ3v) is 7.20. The fourth-order valence-electron chi connectivity index (χ4n) is 3.53. The Bertz CT molecular complexity index is 872. The molecule has 1 aliphatic heterocycles. The molecule has 2 aromatic rings. The second kappa shape index (κ2) is 9.34. The van der Waals surface area contributed by atoms with Crippen LogP contribution in [0.2, 0.25) is 0 Å². The van der Waals surface area contributed by atoms with Gasteiger partial charge in [-0.2, -0.15) is 4.31 Å². The van der Waals surface area contributed by atoms with Crippen LogP contribution in [0.4, 0.5) is 0 Å². The molecule has 0 saturated carbocycles. The summed E-state index contributed by atoms with van der Waals surface area (Å²) in [5.41, 5.74) is 2.44. The van der Waals surface area contributed by atoms with E-state index in [1.807, 2.05) is 6.07 Å². The number of hydrogen-bond donors (Lipinski definition) is 1. The number of rotatable bonds is 7. The number of sulfonamides is 1. The number of carbonyl (C=O) groups is 1. The molecule has 0 spiro atoms. The topological polar surface area (TPSA) is 66.5 Å². The summed E-state index contributed by atoms with van der Waals surface area (Å²) < 4.78 is 26.9. The molecule has 3 rings (SSSR count). The van der Waals surface area contributed by atoms with E-state index in [1.165, 1.54) is 15.4 Å². The number of carbonyl (C=O) groups excluding carboxylic acids is 1. The second-order valence-electron chi connectivity index (χ2n) is 7.45. The van der Waals surface area contributed by atoms with Crippen LogP contribution in [0.3, 0.4) is 0 Å². The molecule has 5 nitrogen and oxygen atoms in total. The monoisotopic (exact) mass is 400 g/mol. The molecule has 1 aliphatic rings. The standard InChI is InChI=1S/C22H28N2O3S/c1-18-7-9-19(10-8-18)11-14-23-22(25)17-20-12-15-24(16-13-20)28(26,27)21-5-3-2-4-6-21/h2-10,20H,11-17H2,1H3,(H,23,25). The van der Waals surface area contributed by atoms with Crippen LogP contribution in [0.25, 0.3) is 0 Å². The maximum atomic E-state index is 12.7. The van der Waals surface area contributed by atoms with Gasteiger partial charge in [0, 0.05) is 26.1 Å². The van der Waals surface area contributed by atoms with Crippen molar-refractivity contribution in [3.8, 4) is 0 Å². The first-order chi connectivity index (χ1) is 13.4. The van der Waals surface area contributed by atoms with E-state index in [9.17, 15) is 13.2 Å². The lowest BCUT2D eigenvalue weighted by molar-refractivity contribution is -0.122. The van der Waals surface area contributed by atoms with E-state index in [0.29, 0.717) is 31.0 Å². The van der Waals surface area contributed by atoms with Gasteiger partial charge in [-0.25, -0.2) is 8.42 Å². The highest BCUT2D eigenvalue weighted by Gasteiger charge is 2.29. The van der Waals surface area contributed by atoms with Gasteiger partial charge >= 0.3 is 0 Å². The molecule has 1 amide bonds. The van der Waals surface area contributed by atoms with Crippen molar-refractivity contribution in [3.05, 3.63) is 65.7 Å². The minimum Gasteiger partial charge on any atom is -0.356 e. The molecule has 1 N–H and O–H groups in total. The molecule has 2 aromatic carbocycles. The van der Waals surface area contributed by atoms with Gasteiger partial charge in [-0.05, 0) is 49.8 Å². The van der Waals surface area contributed by atoms with Gasteiger partial charge in [0.15, 0.2) is 0 Å². The Kier molecular flexibility index (Phi) is 6.86. The molecule has 1 fully saturated rings. The highest BCUT2D eigenvalue weighted by molar-refractivity contribution is 7.89. The van der Waals surface area contributed by atoms with Crippen molar-refractivity contribution in [2.75, 3.05) is 19.6 Å². The number of nitrogens with one attached hydrogen (secondary N) is 1. The third kappa shape index (κ3) is 5.42. The van der Waals surface area contributed by atoms with Crippen LogP contribution in [-0.2, 0) is 21.2 Å². The van der Waals surface area contributed by atoms with Crippen molar-refractivity contribution in [2.24, 2.45) is 5.92 Å². The maximum Gasteiger partial charge on any atom is 0.243 e. The summed E-state index contributed by atoms with van der Waals surface area (Å²) in [5, 5.41) is 2.99. The quantitative estimate of drug-likeness (QED) is 0.776. The SMILES string of the molecule is Cc1ccc(CCNC(=O)CC2CCN(S(=O)(=O)c3ccccc3)CC2)cc1. The molecule has 0 unspecified atom stereocenters. The molecule has 0 radical (unpaired) electrons. The van der Waals surface area contributed by atoms with Gasteiger partial charge in [-0.3, -0.25) is 4.79 Å². The van der Waals surface area contributed by atoms with Gasteiger partial charge in [0.05, 0.1) is 4.90 Å². The molecule has 0 bridgehead atoms. The number of piperidine rings is 1. The lowest BCUT2D eigenvalue weighted by Crippen LogP contribution is -2.39. The van der Waals surface area contributed by atoms with E-state index in [0.717, 1.165) is 19.3 Å². The van der Waals surface area contributed by atoms with Gasteiger partial charge in [0.25, 0.3) is 0 Å². The summed E-state index contributed by atoms with van der Waals surface area (Å²) in [6.07, 6.45) is 2.72. The van der Waals surface area contributed by atoms with Crippen LogP contribution >= 0.6 is 0 Å². The van der Waals surface area contributed by atoms with Gasteiger partial charge in [-0.1, -0.05) is 48.0 Å². The van der Waals surface area contributed by atoms with Crippen molar-refractivity contribution in [1.29, 1.82) is 0 Å². The predicted octanol–water partition coefficient (Wildman–Crippen LogP) is 3.14. The summed E-state index contributed by atoms with van der Waals surface area (Å²) in [6.45, 7) is 3.63. The molecular formula is C22H28N2O3S. The van der Waals surface area contributed by atoms with E-state index < -0.39 is 10.0 Å². The molecule has 150 valence electrons. The molecule has 0 aromatic heterocycles. The number of hydrogen-bond acceptors (Lipinski definition) is 3. The molecule has 1 saturated heterocycles. The third-order valence-electron chi connectivity index (χ3n) is 5.28. The zero-order valence-electron chi connectivity index (χ0n) is 16.3. The highest BCUT2D eigenvalue weighted by atomic mass is 32.2. The first-order valence-electron chi connectivity index (χ1n) is 9.82. The largest absolute Gasteiger partial charge is 0.356 e. The Balaban J connectivity index is 1.41.